The summed E-state index contributed by atoms with van der Waals surface area (Å²) in [6.45, 7) is 4.33. The van der Waals surface area contributed by atoms with E-state index in [9.17, 15) is 0 Å². The van der Waals surface area contributed by atoms with Gasteiger partial charge in [-0.05, 0) is 67.6 Å². The summed E-state index contributed by atoms with van der Waals surface area (Å²) in [7, 11) is 0. The Labute approximate surface area is 148 Å². The number of aromatic nitrogens is 3. The summed E-state index contributed by atoms with van der Waals surface area (Å²) in [5.41, 5.74) is 4.69. The SMILES string of the molecule is Cc1cc(Nc2ncn(-c3ccccc3)n2)cc(C2CCCNC2)c1. The van der Waals surface area contributed by atoms with Gasteiger partial charge < -0.3 is 10.6 Å². The highest BCUT2D eigenvalue weighted by atomic mass is 15.4. The maximum Gasteiger partial charge on any atom is 0.246 e. The van der Waals surface area contributed by atoms with Crippen LogP contribution < -0.4 is 10.6 Å². The van der Waals surface area contributed by atoms with Gasteiger partial charge >= 0.3 is 0 Å². The minimum Gasteiger partial charge on any atom is -0.323 e. The monoisotopic (exact) mass is 333 g/mol. The van der Waals surface area contributed by atoms with Crippen molar-refractivity contribution >= 4 is 11.6 Å². The van der Waals surface area contributed by atoms with Gasteiger partial charge in [-0.3, -0.25) is 0 Å². The Bertz CT molecular complexity index is 834. The zero-order valence-corrected chi connectivity index (χ0v) is 14.4. The number of nitrogens with one attached hydrogen (secondary N) is 2. The van der Waals surface area contributed by atoms with E-state index in [0.717, 1.165) is 24.5 Å². The lowest BCUT2D eigenvalue weighted by Gasteiger charge is -2.24. The summed E-state index contributed by atoms with van der Waals surface area (Å²) in [4.78, 5) is 4.39. The van der Waals surface area contributed by atoms with Gasteiger partial charge in [0.2, 0.25) is 5.95 Å². The third-order valence-corrected chi connectivity index (χ3v) is 4.64. The van der Waals surface area contributed by atoms with E-state index in [1.807, 2.05) is 30.3 Å². The quantitative estimate of drug-likeness (QED) is 0.763. The number of piperidine rings is 1. The van der Waals surface area contributed by atoms with E-state index in [2.05, 4.69) is 45.8 Å². The predicted octanol–water partition coefficient (Wildman–Crippen LogP) is 3.79. The fourth-order valence-electron chi connectivity index (χ4n) is 3.41. The van der Waals surface area contributed by atoms with Crippen LogP contribution >= 0.6 is 0 Å². The third kappa shape index (κ3) is 3.72. The standard InChI is InChI=1S/C20H23N5/c1-15-10-17(16-6-5-9-21-13-16)12-18(11-15)23-20-22-14-25(24-20)19-7-3-2-4-8-19/h2-4,7-8,10-12,14,16,21H,5-6,9,13H2,1H3,(H,23,24). The molecule has 128 valence electrons. The molecule has 0 aliphatic carbocycles. The van der Waals surface area contributed by atoms with Crippen LogP contribution in [-0.2, 0) is 0 Å². The number of nitrogens with zero attached hydrogens (tertiary/aromatic N) is 3. The van der Waals surface area contributed by atoms with E-state index in [4.69, 9.17) is 0 Å². The maximum absolute atomic E-state index is 4.53. The van der Waals surface area contributed by atoms with Crippen molar-refractivity contribution in [2.24, 2.45) is 0 Å². The van der Waals surface area contributed by atoms with Crippen molar-refractivity contribution in [1.82, 2.24) is 20.1 Å². The number of rotatable bonds is 4. The maximum atomic E-state index is 4.53. The molecule has 5 nitrogen and oxygen atoms in total. The molecule has 1 aliphatic heterocycles. The van der Waals surface area contributed by atoms with Crippen molar-refractivity contribution in [3.8, 4) is 5.69 Å². The molecule has 1 unspecified atom stereocenters. The minimum absolute atomic E-state index is 0.587. The van der Waals surface area contributed by atoms with Crippen molar-refractivity contribution in [3.63, 3.8) is 0 Å². The van der Waals surface area contributed by atoms with Gasteiger partial charge in [0.1, 0.15) is 6.33 Å². The molecule has 2 N–H and O–H groups in total. The molecule has 3 aromatic rings. The Morgan fingerprint density at radius 2 is 2.04 bits per heavy atom. The third-order valence-electron chi connectivity index (χ3n) is 4.64. The van der Waals surface area contributed by atoms with Crippen LogP contribution in [-0.4, -0.2) is 27.9 Å². The topological polar surface area (TPSA) is 54.8 Å². The molecule has 0 radical (unpaired) electrons. The van der Waals surface area contributed by atoms with E-state index in [1.54, 1.807) is 11.0 Å². The van der Waals surface area contributed by atoms with Crippen LogP contribution in [0.15, 0.2) is 54.9 Å². The Hall–Kier alpha value is -2.66. The number of aryl methyl sites for hydroxylation is 1. The fraction of sp³-hybridized carbons (Fsp3) is 0.300. The fourth-order valence-corrected chi connectivity index (χ4v) is 3.41. The molecule has 0 saturated carbocycles. The van der Waals surface area contributed by atoms with E-state index in [1.165, 1.54) is 24.0 Å². The summed E-state index contributed by atoms with van der Waals surface area (Å²) >= 11 is 0. The largest absolute Gasteiger partial charge is 0.323 e. The Morgan fingerprint density at radius 3 is 2.84 bits per heavy atom. The second-order valence-electron chi connectivity index (χ2n) is 6.65. The molecule has 1 aliphatic rings. The van der Waals surface area contributed by atoms with Crippen LogP contribution in [0.2, 0.25) is 0 Å². The van der Waals surface area contributed by atoms with Gasteiger partial charge in [-0.25, -0.2) is 4.68 Å². The molecule has 0 amide bonds. The van der Waals surface area contributed by atoms with Crippen molar-refractivity contribution in [2.75, 3.05) is 18.4 Å². The van der Waals surface area contributed by atoms with Crippen molar-refractivity contribution < 1.29 is 0 Å². The van der Waals surface area contributed by atoms with E-state index >= 15 is 0 Å². The van der Waals surface area contributed by atoms with Gasteiger partial charge in [-0.15, -0.1) is 5.10 Å². The molecule has 0 bridgehead atoms. The summed E-state index contributed by atoms with van der Waals surface area (Å²) in [5.74, 6) is 1.20. The Kier molecular flexibility index (Phi) is 4.48. The molecular weight excluding hydrogens is 310 g/mol. The molecule has 1 fully saturated rings. The van der Waals surface area contributed by atoms with Crippen LogP contribution in [0, 0.1) is 6.92 Å². The first-order valence-corrected chi connectivity index (χ1v) is 8.84. The van der Waals surface area contributed by atoms with Gasteiger partial charge in [0.05, 0.1) is 5.69 Å². The summed E-state index contributed by atoms with van der Waals surface area (Å²) in [6.07, 6.45) is 4.22. The molecule has 25 heavy (non-hydrogen) atoms. The van der Waals surface area contributed by atoms with Gasteiger partial charge in [0.25, 0.3) is 0 Å². The van der Waals surface area contributed by atoms with Gasteiger partial charge in [0, 0.05) is 12.2 Å². The summed E-state index contributed by atoms with van der Waals surface area (Å²) in [5, 5.41) is 11.4. The first-order valence-electron chi connectivity index (χ1n) is 8.84. The second-order valence-corrected chi connectivity index (χ2v) is 6.65. The van der Waals surface area contributed by atoms with Crippen molar-refractivity contribution in [1.29, 1.82) is 0 Å². The normalized spacial score (nSPS) is 17.4. The van der Waals surface area contributed by atoms with Gasteiger partial charge in [0.15, 0.2) is 0 Å². The van der Waals surface area contributed by atoms with Crippen LogP contribution in [0.25, 0.3) is 5.69 Å². The lowest BCUT2D eigenvalue weighted by atomic mass is 9.90. The minimum atomic E-state index is 0.587. The Morgan fingerprint density at radius 1 is 1.16 bits per heavy atom. The average Bonchev–Trinajstić information content (AvgIpc) is 3.11. The van der Waals surface area contributed by atoms with Crippen LogP contribution in [0.4, 0.5) is 11.6 Å². The average molecular weight is 333 g/mol. The number of benzene rings is 2. The predicted molar refractivity (Wildman–Crippen MR) is 101 cm³/mol. The van der Waals surface area contributed by atoms with Crippen molar-refractivity contribution in [2.45, 2.75) is 25.7 Å². The van der Waals surface area contributed by atoms with Crippen LogP contribution in [0.5, 0.6) is 0 Å². The molecule has 1 aromatic heterocycles. The van der Waals surface area contributed by atoms with Gasteiger partial charge in [-0.2, -0.15) is 4.98 Å². The molecule has 4 rings (SSSR count). The van der Waals surface area contributed by atoms with E-state index in [-0.39, 0.29) is 0 Å². The molecule has 2 heterocycles. The summed E-state index contributed by atoms with van der Waals surface area (Å²) in [6, 6.07) is 16.7. The molecular formula is C20H23N5. The zero-order chi connectivity index (χ0) is 17.1. The highest BCUT2D eigenvalue weighted by Crippen LogP contribution is 2.27. The first kappa shape index (κ1) is 15.8. The highest BCUT2D eigenvalue weighted by molar-refractivity contribution is 5.56. The molecule has 2 aromatic carbocycles. The highest BCUT2D eigenvalue weighted by Gasteiger charge is 2.16. The van der Waals surface area contributed by atoms with E-state index < -0.39 is 0 Å². The van der Waals surface area contributed by atoms with E-state index in [0.29, 0.717) is 11.9 Å². The summed E-state index contributed by atoms with van der Waals surface area (Å²) < 4.78 is 1.78. The molecule has 1 saturated heterocycles. The number of anilines is 2. The van der Waals surface area contributed by atoms with Crippen LogP contribution in [0.3, 0.4) is 0 Å². The molecule has 1 atom stereocenters. The first-order chi connectivity index (χ1) is 12.3. The Balaban J connectivity index is 1.54. The number of para-hydroxylation sites is 1. The smallest absolute Gasteiger partial charge is 0.246 e. The lowest BCUT2D eigenvalue weighted by molar-refractivity contribution is 0.461. The van der Waals surface area contributed by atoms with Gasteiger partial charge in [-0.1, -0.05) is 24.3 Å². The second kappa shape index (κ2) is 7.07. The number of hydrogen-bond acceptors (Lipinski definition) is 4. The number of hydrogen-bond donors (Lipinski definition) is 2. The lowest BCUT2D eigenvalue weighted by Crippen LogP contribution is -2.28. The molecule has 5 heteroatoms. The van der Waals surface area contributed by atoms with Crippen molar-refractivity contribution in [3.05, 3.63) is 66.0 Å². The van der Waals surface area contributed by atoms with Crippen LogP contribution in [0.1, 0.15) is 29.9 Å². The molecule has 0 spiro atoms. The zero-order valence-electron chi connectivity index (χ0n) is 14.4.